The molecule has 21 N–H and O–H groups in total. The first-order chi connectivity index (χ1) is 44.4. The minimum atomic E-state index is -1.63. The standard InChI is InChI=1S/C56H90N26O11/c1-32(2)23-36(54(93)82-20-10-13-37(82)52(91)73-35(11-5-6-14-57)51(90)74-43(33(3)83)53(92)66-24-38(84)71-34(47(60)89)12-9-16-65-55(61)62)72-40(86)26-79(42(88)27-80-30-69-44-46(59)67-29-68-48(44)80)22-17-64-39(85)25-78(21-15-58)41(87)28-81-31-70-45-49(75-56(63)76-50(45)81)77-18-7-4-8-19-77/h29-37,43,83H,4-28,57-58H2,1-3H3,(H2,60,89)(H,64,85)(H,66,92)(H,71,84)(H,72,86)(H,73,91)(H,74,90)(H2,59,67,68)(H4,61,62,65)(H2,63,75,76)/t33-,34+,35-,36+,37+,43+/m1/s1. The fraction of sp³-hybridized carbons (Fsp3) is 0.625. The Morgan fingerprint density at radius 3 is 1.99 bits per heavy atom. The molecule has 0 radical (unpaired) electrons. The molecule has 6 atom stereocenters. The number of amides is 10. The maximum absolute atomic E-state index is 14.7. The Bertz CT molecular complexity index is 3290. The average molecular weight is 1300 g/mol. The maximum Gasteiger partial charge on any atom is 0.245 e. The van der Waals surface area contributed by atoms with Gasteiger partial charge in [-0.05, 0) is 90.0 Å². The average Bonchev–Trinajstić information content (AvgIpc) is 1.70. The lowest BCUT2D eigenvalue weighted by atomic mass is 10.0. The first kappa shape index (κ1) is 72.4. The highest BCUT2D eigenvalue weighted by molar-refractivity contribution is 5.97. The van der Waals surface area contributed by atoms with Gasteiger partial charge in [0.15, 0.2) is 34.4 Å². The number of primary amides is 1. The highest BCUT2D eigenvalue weighted by atomic mass is 16.3. The van der Waals surface area contributed by atoms with Crippen LogP contribution in [0.15, 0.2) is 24.0 Å². The third kappa shape index (κ3) is 21.2. The first-order valence-electron chi connectivity index (χ1n) is 31.1. The largest absolute Gasteiger partial charge is 0.391 e. The smallest absolute Gasteiger partial charge is 0.245 e. The van der Waals surface area contributed by atoms with E-state index < -0.39 is 122 Å². The molecule has 37 nitrogen and oxygen atoms in total. The molecule has 4 aromatic heterocycles. The summed E-state index contributed by atoms with van der Waals surface area (Å²) >= 11 is 0. The number of anilines is 3. The lowest BCUT2D eigenvalue weighted by Crippen LogP contribution is -2.60. The van der Waals surface area contributed by atoms with Crippen molar-refractivity contribution in [1.29, 1.82) is 0 Å². The van der Waals surface area contributed by atoms with Crippen LogP contribution in [-0.2, 0) is 61.0 Å². The van der Waals surface area contributed by atoms with Crippen LogP contribution in [-0.4, -0.2) is 239 Å². The zero-order valence-corrected chi connectivity index (χ0v) is 52.8. The van der Waals surface area contributed by atoms with Gasteiger partial charge >= 0.3 is 0 Å². The number of carbonyl (C=O) groups excluding carboxylic acids is 10. The normalized spacial score (nSPS) is 15.5. The predicted molar refractivity (Wildman–Crippen MR) is 339 cm³/mol. The van der Waals surface area contributed by atoms with Crippen LogP contribution in [0.5, 0.6) is 0 Å². The van der Waals surface area contributed by atoms with Crippen molar-refractivity contribution in [2.75, 3.05) is 94.9 Å². The molecule has 0 saturated carbocycles. The van der Waals surface area contributed by atoms with Gasteiger partial charge in [0, 0.05) is 52.4 Å². The molecule has 2 fully saturated rings. The number of hydrogen-bond donors (Lipinski definition) is 14. The molecule has 0 aromatic carbocycles. The minimum absolute atomic E-state index is 0.00728. The summed E-state index contributed by atoms with van der Waals surface area (Å²) in [4.78, 5) is 173. The highest BCUT2D eigenvalue weighted by Crippen LogP contribution is 2.27. The molecule has 0 bridgehead atoms. The Balaban J connectivity index is 1.11. The van der Waals surface area contributed by atoms with Gasteiger partial charge in [-0.15, -0.1) is 0 Å². The fourth-order valence-corrected chi connectivity index (χ4v) is 10.8. The lowest BCUT2D eigenvalue weighted by Gasteiger charge is -2.31. The maximum atomic E-state index is 14.7. The Hall–Kier alpha value is -9.65. The summed E-state index contributed by atoms with van der Waals surface area (Å²) in [5, 5.41) is 26.1. The van der Waals surface area contributed by atoms with E-state index in [9.17, 15) is 53.1 Å². The number of nitrogens with one attached hydrogen (secondary N) is 6. The number of aliphatic hydroxyl groups is 1. The van der Waals surface area contributed by atoms with E-state index in [1.807, 2.05) is 13.8 Å². The van der Waals surface area contributed by atoms with Crippen molar-refractivity contribution < 1.29 is 53.1 Å². The second-order valence-electron chi connectivity index (χ2n) is 23.3. The molecule has 6 rings (SSSR count). The number of nitrogen functional groups attached to an aromatic ring is 2. The van der Waals surface area contributed by atoms with Gasteiger partial charge in [0.25, 0.3) is 0 Å². The van der Waals surface area contributed by atoms with Crippen molar-refractivity contribution in [2.24, 2.45) is 39.6 Å². The van der Waals surface area contributed by atoms with Gasteiger partial charge in [0.05, 0.1) is 38.4 Å². The van der Waals surface area contributed by atoms with E-state index in [2.05, 4.69) is 71.7 Å². The predicted octanol–water partition coefficient (Wildman–Crippen LogP) is -6.31. The summed E-state index contributed by atoms with van der Waals surface area (Å²) in [7, 11) is 0. The van der Waals surface area contributed by atoms with Crippen molar-refractivity contribution >= 4 is 105 Å². The van der Waals surface area contributed by atoms with Crippen LogP contribution < -0.4 is 76.9 Å². The lowest BCUT2D eigenvalue weighted by molar-refractivity contribution is -0.143. The number of nitrogens with zero attached hydrogens (tertiary/aromatic N) is 13. The molecule has 0 spiro atoms. The summed E-state index contributed by atoms with van der Waals surface area (Å²) in [6, 6.07) is -6.42. The van der Waals surface area contributed by atoms with Crippen molar-refractivity contribution in [2.45, 2.75) is 141 Å². The quantitative estimate of drug-likeness (QED) is 0.0114. The third-order valence-corrected chi connectivity index (χ3v) is 15.5. The topological polar surface area (TPSA) is 558 Å². The van der Waals surface area contributed by atoms with E-state index >= 15 is 0 Å². The van der Waals surface area contributed by atoms with Crippen molar-refractivity contribution in [3.8, 4) is 0 Å². The molecule has 93 heavy (non-hydrogen) atoms. The van der Waals surface area contributed by atoms with E-state index in [-0.39, 0.29) is 119 Å². The molecule has 2 saturated heterocycles. The molecule has 4 aromatic rings. The van der Waals surface area contributed by atoms with Gasteiger partial charge < -0.3 is 106 Å². The molecule has 2 aliphatic rings. The number of nitrogens with two attached hydrogens (primary N) is 7. The van der Waals surface area contributed by atoms with Crippen molar-refractivity contribution in [3.63, 3.8) is 0 Å². The van der Waals surface area contributed by atoms with Gasteiger partial charge in [-0.1, -0.05) is 13.8 Å². The zero-order chi connectivity index (χ0) is 67.9. The Morgan fingerprint density at radius 2 is 1.33 bits per heavy atom. The fourth-order valence-electron chi connectivity index (χ4n) is 10.8. The summed E-state index contributed by atoms with van der Waals surface area (Å²) in [5.74, 6) is -7.01. The number of piperidine rings is 1. The van der Waals surface area contributed by atoms with Crippen LogP contribution in [0.4, 0.5) is 17.6 Å². The van der Waals surface area contributed by atoms with Crippen LogP contribution >= 0.6 is 0 Å². The van der Waals surface area contributed by atoms with Gasteiger partial charge in [-0.3, -0.25) is 52.9 Å². The number of rotatable bonds is 36. The van der Waals surface area contributed by atoms with E-state index in [0.717, 1.165) is 37.3 Å². The van der Waals surface area contributed by atoms with E-state index in [4.69, 9.17) is 40.1 Å². The van der Waals surface area contributed by atoms with E-state index in [1.165, 1.54) is 44.8 Å². The molecule has 510 valence electrons. The van der Waals surface area contributed by atoms with E-state index in [0.29, 0.717) is 36.2 Å². The zero-order valence-electron chi connectivity index (χ0n) is 52.8. The number of aliphatic imine (C=N–C) groups is 1. The summed E-state index contributed by atoms with van der Waals surface area (Å²) in [6.45, 7) is 4.12. The highest BCUT2D eigenvalue weighted by Gasteiger charge is 2.40. The summed E-state index contributed by atoms with van der Waals surface area (Å²) in [6.07, 6.45) is 7.34. The van der Waals surface area contributed by atoms with Gasteiger partial charge in [0.2, 0.25) is 65.0 Å². The number of likely N-dealkylation sites (tertiary alicyclic amines) is 1. The molecule has 10 amide bonds. The van der Waals surface area contributed by atoms with Crippen LogP contribution in [0.25, 0.3) is 22.3 Å². The number of guanidine groups is 1. The first-order valence-corrected chi connectivity index (χ1v) is 31.1. The number of fused-ring (bicyclic) bond motifs is 2. The molecule has 37 heteroatoms. The number of imidazole rings is 2. The molecule has 2 aliphatic heterocycles. The number of hydrogen-bond acceptors (Lipinski definition) is 23. The Labute approximate surface area is 536 Å². The van der Waals surface area contributed by atoms with Gasteiger partial charge in [0.1, 0.15) is 55.1 Å². The Kier molecular flexibility index (Phi) is 27.4. The van der Waals surface area contributed by atoms with Crippen LogP contribution in [0.1, 0.15) is 91.4 Å². The van der Waals surface area contributed by atoms with Crippen LogP contribution in [0.3, 0.4) is 0 Å². The Morgan fingerprint density at radius 1 is 0.677 bits per heavy atom. The number of aliphatic hydroxyl groups excluding tert-OH is 1. The third-order valence-electron chi connectivity index (χ3n) is 15.5. The molecule has 6 heterocycles. The minimum Gasteiger partial charge on any atom is -0.391 e. The second kappa shape index (κ2) is 35.2. The summed E-state index contributed by atoms with van der Waals surface area (Å²) < 4.78 is 2.93. The van der Waals surface area contributed by atoms with Crippen LogP contribution in [0.2, 0.25) is 0 Å². The van der Waals surface area contributed by atoms with Gasteiger partial charge in [-0.25, -0.2) is 19.9 Å². The SMILES string of the molecule is CC(C)C[C@H](NC(=O)CN(CCNC(=O)CN(CCN)C(=O)Cn1cnc2c(N3CCCCC3)nc(N)nc21)C(=O)Cn1cnc2c(N)ncnc21)C(=O)N1CCC[C@H]1C(=O)N[C@H](CCCCN)C(=O)N[C@H](C(=O)NCC(=O)N[C@@H](CCCN=C(N)N)C(N)=O)[C@@H](C)O. The monoisotopic (exact) mass is 1300 g/mol. The molecular formula is C56H90N26O11. The van der Waals surface area contributed by atoms with Crippen LogP contribution in [0, 0.1) is 5.92 Å². The second-order valence-corrected chi connectivity index (χ2v) is 23.3. The number of aromatic nitrogens is 8. The number of unbranched alkanes of at least 4 members (excludes halogenated alkanes) is 1. The van der Waals surface area contributed by atoms with Gasteiger partial charge in [-0.2, -0.15) is 9.97 Å². The summed E-state index contributed by atoms with van der Waals surface area (Å²) in [5.41, 5.74) is 41.2. The van der Waals surface area contributed by atoms with E-state index in [1.54, 1.807) is 0 Å². The molecular weight excluding hydrogens is 1210 g/mol. The van der Waals surface area contributed by atoms with Crippen molar-refractivity contribution in [3.05, 3.63) is 19.0 Å². The molecule has 0 unspecified atom stereocenters. The van der Waals surface area contributed by atoms with Crippen molar-refractivity contribution in [1.82, 2.24) is 85.6 Å². The molecule has 0 aliphatic carbocycles. The number of carbonyl (C=O) groups is 10.